The highest BCUT2D eigenvalue weighted by Gasteiger charge is 2.17. The van der Waals surface area contributed by atoms with Crippen molar-refractivity contribution in [3.8, 4) is 0 Å². The molecule has 0 saturated carbocycles. The van der Waals surface area contributed by atoms with Gasteiger partial charge in [0.2, 0.25) is 0 Å². The zero-order valence-corrected chi connectivity index (χ0v) is 1.63. The molecule has 0 aliphatic carbocycles. The van der Waals surface area contributed by atoms with Crippen molar-refractivity contribution in [2.45, 2.75) is 0 Å². The van der Waals surface area contributed by atoms with Crippen LogP contribution in [0, 0.1) is 6.68 Å². The predicted octanol–water partition coefficient (Wildman–Crippen LogP) is 1.34. The molecule has 0 atom stereocenters. The molecule has 0 nitrogen and oxygen atoms in total. The fourth-order valence-electron chi connectivity index (χ4n) is 0. The molecule has 0 bridgehead atoms. The van der Waals surface area contributed by atoms with Gasteiger partial charge in [-0.25, -0.2) is 0 Å². The predicted molar refractivity (Wildman–Crippen MR) is 6.57 cm³/mol. The van der Waals surface area contributed by atoms with Crippen LogP contribution in [0.1, 0.15) is 0 Å². The fraction of sp³-hybridized carbons (Fsp3) is 0. The van der Waals surface area contributed by atoms with Gasteiger partial charge in [-0.2, -0.15) is 0 Å². The van der Waals surface area contributed by atoms with E-state index in [-0.39, 0.29) is 0 Å². The minimum atomic E-state index is -3.08. The molecule has 0 fully saturated rings. The average Bonchev–Trinajstić information content (AvgIpc) is 0.811. The Hall–Kier alpha value is -0.340. The second-order valence-corrected chi connectivity index (χ2v) is 0.214. The van der Waals surface area contributed by atoms with E-state index < -0.39 is 6.68 Å². The molecule has 0 aliphatic heterocycles. The maximum Gasteiger partial charge on any atom is 0.724 e. The summed E-state index contributed by atoms with van der Waals surface area (Å²) in [6.45, 7) is -3.08. The molecule has 0 radical (unpaired) electrons. The topological polar surface area (TPSA) is 0 Å². The van der Waals surface area contributed by atoms with Gasteiger partial charge in [0, 0.05) is 0 Å². The van der Waals surface area contributed by atoms with Crippen LogP contribution in [0.25, 0.3) is 0 Å². The van der Waals surface area contributed by atoms with Crippen LogP contribution in [-0.4, -0.2) is 0 Å². The number of halogens is 3. The summed E-state index contributed by atoms with van der Waals surface area (Å²) >= 11 is 0. The molecule has 0 aliphatic rings. The van der Waals surface area contributed by atoms with Gasteiger partial charge < -0.3 is 0 Å². The summed E-state index contributed by atoms with van der Waals surface area (Å²) in [7, 11) is 0. The molecule has 0 aromatic heterocycles. The van der Waals surface area contributed by atoms with E-state index in [1.165, 1.54) is 0 Å². The minimum absolute atomic E-state index is 3.08. The highest BCUT2D eigenvalue weighted by molar-refractivity contribution is 4.21. The Labute approximate surface area is 21.2 Å². The molecule has 0 rings (SSSR count). The van der Waals surface area contributed by atoms with E-state index in [0.717, 1.165) is 0 Å². The first-order valence-electron chi connectivity index (χ1n) is 0.567. The number of hydrogen-bond acceptors (Lipinski definition) is 0. The quantitative estimate of drug-likeness (QED) is 0.376. The van der Waals surface area contributed by atoms with Gasteiger partial charge >= 0.3 is 6.68 Å². The van der Waals surface area contributed by atoms with Crippen LogP contribution in [0.5, 0.6) is 0 Å². The third kappa shape index (κ3) is 6.26. The van der Waals surface area contributed by atoms with E-state index in [0.29, 0.717) is 0 Å². The third-order valence-corrected chi connectivity index (χ3v) is 0. The molecule has 0 aromatic rings. The summed E-state index contributed by atoms with van der Waals surface area (Å²) in [5.74, 6) is 0. The summed E-state index contributed by atoms with van der Waals surface area (Å²) < 4.78 is 28.8. The second-order valence-electron chi connectivity index (χ2n) is 0.214. The molecule has 0 spiro atoms. The van der Waals surface area contributed by atoms with Gasteiger partial charge in [-0.15, -0.1) is 0 Å². The SMILES string of the molecule is F[C+](F)F. The molecule has 0 amide bonds. The van der Waals surface area contributed by atoms with Crippen LogP contribution in [0.3, 0.4) is 0 Å². The van der Waals surface area contributed by atoms with Gasteiger partial charge in [0.1, 0.15) is 0 Å². The van der Waals surface area contributed by atoms with Crippen LogP contribution in [0.2, 0.25) is 0 Å². The Bertz CT molecular complexity index is 8.00. The van der Waals surface area contributed by atoms with Gasteiger partial charge in [-0.05, 0) is 0 Å². The fourth-order valence-corrected chi connectivity index (χ4v) is 0. The third-order valence-electron chi connectivity index (χ3n) is 0. The lowest BCUT2D eigenvalue weighted by molar-refractivity contribution is 0.142. The van der Waals surface area contributed by atoms with Crippen LogP contribution < -0.4 is 0 Å². The van der Waals surface area contributed by atoms with E-state index in [9.17, 15) is 13.2 Å². The minimum Gasteiger partial charge on any atom is 0.0921 e. The number of hydrogen-bond donors (Lipinski definition) is 0. The maximum atomic E-state index is 9.58. The molecule has 0 aromatic carbocycles. The van der Waals surface area contributed by atoms with Gasteiger partial charge in [0.05, 0.1) is 13.2 Å². The Balaban J connectivity index is 2.32. The first kappa shape index (κ1) is 3.66. The molecule has 0 saturated heterocycles. The lowest BCUT2D eigenvalue weighted by Crippen LogP contribution is -1.49. The molecule has 4 heavy (non-hydrogen) atoms. The lowest BCUT2D eigenvalue weighted by atomic mass is 11.6. The Morgan fingerprint density at radius 2 is 1.00 bits per heavy atom. The largest absolute Gasteiger partial charge is 0.724 e. The number of rotatable bonds is 0. The Morgan fingerprint density at radius 3 is 1.00 bits per heavy atom. The Morgan fingerprint density at radius 1 is 1.00 bits per heavy atom. The van der Waals surface area contributed by atoms with Crippen molar-refractivity contribution >= 4 is 0 Å². The van der Waals surface area contributed by atoms with Gasteiger partial charge in [-0.3, -0.25) is 0 Å². The van der Waals surface area contributed by atoms with Crippen molar-refractivity contribution in [1.29, 1.82) is 0 Å². The van der Waals surface area contributed by atoms with E-state index in [4.69, 9.17) is 0 Å². The monoisotopic (exact) mass is 69.0 g/mol. The van der Waals surface area contributed by atoms with Gasteiger partial charge in [0.15, 0.2) is 0 Å². The van der Waals surface area contributed by atoms with E-state index in [2.05, 4.69) is 0 Å². The van der Waals surface area contributed by atoms with Crippen molar-refractivity contribution in [2.24, 2.45) is 0 Å². The van der Waals surface area contributed by atoms with Crippen molar-refractivity contribution < 1.29 is 13.2 Å². The molecule has 0 N–H and O–H groups in total. The molecule has 0 heterocycles. The molecular formula is CF3+. The molecular weight excluding hydrogens is 69.0 g/mol. The molecule has 0 unspecified atom stereocenters. The van der Waals surface area contributed by atoms with E-state index >= 15 is 0 Å². The first-order valence-corrected chi connectivity index (χ1v) is 0.567. The summed E-state index contributed by atoms with van der Waals surface area (Å²) in [6.07, 6.45) is 0. The standard InChI is InChI=1S/CF3/c2-1(3)4/q+1. The van der Waals surface area contributed by atoms with E-state index in [1.807, 2.05) is 0 Å². The van der Waals surface area contributed by atoms with E-state index in [1.54, 1.807) is 0 Å². The first-order chi connectivity index (χ1) is 1.73. The maximum absolute atomic E-state index is 9.58. The summed E-state index contributed by atoms with van der Waals surface area (Å²) in [4.78, 5) is 0. The van der Waals surface area contributed by atoms with Crippen LogP contribution >= 0.6 is 0 Å². The summed E-state index contributed by atoms with van der Waals surface area (Å²) in [5, 5.41) is 0. The van der Waals surface area contributed by atoms with Crippen molar-refractivity contribution in [2.75, 3.05) is 0 Å². The highest BCUT2D eigenvalue weighted by Crippen LogP contribution is 1.99. The average molecular weight is 69.0 g/mol. The van der Waals surface area contributed by atoms with Crippen LogP contribution in [0.15, 0.2) is 0 Å². The Kier molecular flexibility index (Phi) is 0.948. The zero-order valence-electron chi connectivity index (χ0n) is 1.63. The summed E-state index contributed by atoms with van der Waals surface area (Å²) in [5.41, 5.74) is 0. The zero-order chi connectivity index (χ0) is 3.58. The summed E-state index contributed by atoms with van der Waals surface area (Å²) in [6, 6.07) is 0. The second kappa shape index (κ2) is 1.04. The van der Waals surface area contributed by atoms with Crippen LogP contribution in [-0.2, 0) is 0 Å². The van der Waals surface area contributed by atoms with Crippen molar-refractivity contribution in [3.63, 3.8) is 0 Å². The van der Waals surface area contributed by atoms with Gasteiger partial charge in [-0.1, -0.05) is 0 Å². The lowest BCUT2D eigenvalue weighted by Gasteiger charge is -1.35. The normalized spacial score (nSPS) is 6.75. The molecule has 3 heteroatoms. The van der Waals surface area contributed by atoms with Crippen molar-refractivity contribution in [3.05, 3.63) is 6.68 Å². The smallest absolute Gasteiger partial charge is 0.0921 e. The highest BCUT2D eigenvalue weighted by atomic mass is 19.4. The van der Waals surface area contributed by atoms with Crippen LogP contribution in [0.4, 0.5) is 13.2 Å². The molecule has 24 valence electrons. The van der Waals surface area contributed by atoms with Crippen molar-refractivity contribution in [1.82, 2.24) is 0 Å². The van der Waals surface area contributed by atoms with Gasteiger partial charge in [0.25, 0.3) is 0 Å².